The number of cyclic esters (lactones) is 1. The Hall–Kier alpha value is -3.08. The molecule has 0 bridgehead atoms. The van der Waals surface area contributed by atoms with E-state index in [1.807, 2.05) is 6.07 Å². The molecule has 1 atom stereocenters. The van der Waals surface area contributed by atoms with Crippen LogP contribution < -0.4 is 10.5 Å². The van der Waals surface area contributed by atoms with E-state index in [4.69, 9.17) is 9.88 Å². The quantitative estimate of drug-likeness (QED) is 0.581. The summed E-state index contributed by atoms with van der Waals surface area (Å²) >= 11 is 1.29. The molecular formula is C20H17N3O5S2. The van der Waals surface area contributed by atoms with Crippen molar-refractivity contribution in [3.63, 3.8) is 0 Å². The van der Waals surface area contributed by atoms with Gasteiger partial charge in [0.05, 0.1) is 10.5 Å². The molecule has 0 fully saturated rings. The lowest BCUT2D eigenvalue weighted by Gasteiger charge is -2.23. The number of nitrogens with two attached hydrogens (primary N) is 1. The third kappa shape index (κ3) is 4.40. The van der Waals surface area contributed by atoms with Crippen LogP contribution in [0.3, 0.4) is 0 Å². The maximum atomic E-state index is 12.5. The van der Waals surface area contributed by atoms with E-state index in [9.17, 15) is 18.0 Å². The minimum atomic E-state index is -3.73. The third-order valence-corrected chi connectivity index (χ3v) is 6.44. The maximum Gasteiger partial charge on any atom is 0.339 e. The molecule has 3 aromatic rings. The summed E-state index contributed by atoms with van der Waals surface area (Å²) in [5.41, 5.74) is 2.13. The van der Waals surface area contributed by atoms with Crippen LogP contribution in [0.1, 0.15) is 26.4 Å². The molecule has 8 nitrogen and oxygen atoms in total. The number of fused-ring (bicyclic) bond motifs is 1. The molecule has 30 heavy (non-hydrogen) atoms. The topological polar surface area (TPSA) is 128 Å². The highest BCUT2D eigenvalue weighted by Gasteiger charge is 2.31. The number of nitrogens with zero attached hydrogens (tertiary/aromatic N) is 1. The van der Waals surface area contributed by atoms with Gasteiger partial charge >= 0.3 is 5.97 Å². The molecule has 2 heterocycles. The number of hydrogen-bond acceptors (Lipinski definition) is 7. The van der Waals surface area contributed by atoms with Crippen LogP contribution in [-0.4, -0.2) is 31.4 Å². The molecule has 1 aliphatic heterocycles. The van der Waals surface area contributed by atoms with Crippen LogP contribution in [0.4, 0.5) is 5.13 Å². The maximum absolute atomic E-state index is 12.5. The van der Waals surface area contributed by atoms with Crippen LogP contribution in [0, 0.1) is 0 Å². The number of carbonyl (C=O) groups excluding carboxylic acids is 2. The third-order valence-electron chi connectivity index (χ3n) is 4.60. The van der Waals surface area contributed by atoms with E-state index in [0.717, 1.165) is 16.0 Å². The standard InChI is InChI=1S/C20H17N3O5S2/c21-30(26,27)15-7-5-12(6-8-15)9-14-11-22-20(29-14)23-18(24)17-10-13-3-1-2-4-16(13)19(25)28-17/h1-8,11,17H,9-10H2,(H2,21,26,27)(H,22,23,24). The Morgan fingerprint density at radius 2 is 1.93 bits per heavy atom. The van der Waals surface area contributed by atoms with E-state index in [2.05, 4.69) is 10.3 Å². The number of rotatable bonds is 5. The number of hydrogen-bond donors (Lipinski definition) is 2. The lowest BCUT2D eigenvalue weighted by molar-refractivity contribution is -0.125. The lowest BCUT2D eigenvalue weighted by atomic mass is 9.98. The molecule has 1 unspecified atom stereocenters. The smallest absolute Gasteiger partial charge is 0.339 e. The monoisotopic (exact) mass is 443 g/mol. The first kappa shape index (κ1) is 20.2. The predicted molar refractivity (Wildman–Crippen MR) is 111 cm³/mol. The molecule has 0 aliphatic carbocycles. The molecule has 10 heteroatoms. The van der Waals surface area contributed by atoms with Crippen LogP contribution in [0.5, 0.6) is 0 Å². The van der Waals surface area contributed by atoms with Gasteiger partial charge in [-0.15, -0.1) is 11.3 Å². The Bertz CT molecular complexity index is 1220. The fraction of sp³-hybridized carbons (Fsp3) is 0.150. The van der Waals surface area contributed by atoms with E-state index >= 15 is 0 Å². The summed E-state index contributed by atoms with van der Waals surface area (Å²) in [4.78, 5) is 29.7. The summed E-state index contributed by atoms with van der Waals surface area (Å²) in [6, 6.07) is 13.3. The van der Waals surface area contributed by atoms with Crippen molar-refractivity contribution in [2.45, 2.75) is 23.8 Å². The number of carbonyl (C=O) groups is 2. The number of thiazole rings is 1. The number of esters is 1. The number of amides is 1. The zero-order chi connectivity index (χ0) is 21.3. The number of ether oxygens (including phenoxy) is 1. The highest BCUT2D eigenvalue weighted by Crippen LogP contribution is 2.24. The van der Waals surface area contributed by atoms with Gasteiger partial charge in [0.15, 0.2) is 11.2 Å². The minimum Gasteiger partial charge on any atom is -0.448 e. The van der Waals surface area contributed by atoms with Gasteiger partial charge in [0.1, 0.15) is 0 Å². The SMILES string of the molecule is NS(=O)(=O)c1ccc(Cc2cnc(NC(=O)C3Cc4ccccc4C(=O)O3)s2)cc1. The molecule has 2 aromatic carbocycles. The first-order valence-electron chi connectivity index (χ1n) is 8.96. The number of sulfonamides is 1. The van der Waals surface area contributed by atoms with Crippen molar-refractivity contribution in [3.05, 3.63) is 76.3 Å². The van der Waals surface area contributed by atoms with Crippen molar-refractivity contribution in [3.8, 4) is 0 Å². The number of benzene rings is 2. The second-order valence-corrected chi connectivity index (χ2v) is 9.42. The van der Waals surface area contributed by atoms with Crippen LogP contribution in [0.25, 0.3) is 0 Å². The number of nitrogens with one attached hydrogen (secondary N) is 1. The fourth-order valence-electron chi connectivity index (χ4n) is 3.11. The fourth-order valence-corrected chi connectivity index (χ4v) is 4.47. The van der Waals surface area contributed by atoms with Crippen molar-refractivity contribution in [1.29, 1.82) is 0 Å². The van der Waals surface area contributed by atoms with Gasteiger partial charge in [0, 0.05) is 23.9 Å². The Morgan fingerprint density at radius 3 is 2.67 bits per heavy atom. The summed E-state index contributed by atoms with van der Waals surface area (Å²) in [5.74, 6) is -0.948. The summed E-state index contributed by atoms with van der Waals surface area (Å²) in [6.45, 7) is 0. The van der Waals surface area contributed by atoms with Gasteiger partial charge in [-0.05, 0) is 29.3 Å². The lowest BCUT2D eigenvalue weighted by Crippen LogP contribution is -2.37. The van der Waals surface area contributed by atoms with Gasteiger partial charge in [-0.25, -0.2) is 23.3 Å². The van der Waals surface area contributed by atoms with Crippen LogP contribution >= 0.6 is 11.3 Å². The first-order chi connectivity index (χ1) is 14.3. The molecular weight excluding hydrogens is 426 g/mol. The van der Waals surface area contributed by atoms with Gasteiger partial charge in [-0.1, -0.05) is 30.3 Å². The van der Waals surface area contributed by atoms with Gasteiger partial charge < -0.3 is 4.74 Å². The van der Waals surface area contributed by atoms with Crippen LogP contribution in [-0.2, 0) is 32.4 Å². The molecule has 0 spiro atoms. The van der Waals surface area contributed by atoms with Crippen LogP contribution in [0.2, 0.25) is 0 Å². The number of anilines is 1. The van der Waals surface area contributed by atoms with Crippen molar-refractivity contribution < 1.29 is 22.7 Å². The largest absolute Gasteiger partial charge is 0.448 e. The summed E-state index contributed by atoms with van der Waals surface area (Å²) in [6.07, 6.45) is 1.55. The number of primary sulfonamides is 1. The Labute approximate surface area is 176 Å². The van der Waals surface area contributed by atoms with E-state index in [0.29, 0.717) is 23.5 Å². The predicted octanol–water partition coefficient (Wildman–Crippen LogP) is 2.10. The van der Waals surface area contributed by atoms with Crippen molar-refractivity contribution >= 4 is 38.4 Å². The molecule has 1 aromatic heterocycles. The van der Waals surface area contributed by atoms with E-state index in [1.54, 1.807) is 36.5 Å². The highest BCUT2D eigenvalue weighted by atomic mass is 32.2. The summed E-state index contributed by atoms with van der Waals surface area (Å²) in [5, 5.41) is 8.19. The summed E-state index contributed by atoms with van der Waals surface area (Å²) < 4.78 is 27.9. The molecule has 1 aliphatic rings. The Kier molecular flexibility index (Phi) is 5.37. The summed E-state index contributed by atoms with van der Waals surface area (Å²) in [7, 11) is -3.73. The van der Waals surface area contributed by atoms with Crippen molar-refractivity contribution in [2.75, 3.05) is 5.32 Å². The highest BCUT2D eigenvalue weighted by molar-refractivity contribution is 7.89. The molecule has 0 saturated carbocycles. The van der Waals surface area contributed by atoms with Crippen LogP contribution in [0.15, 0.2) is 59.6 Å². The Morgan fingerprint density at radius 1 is 1.20 bits per heavy atom. The number of aromatic nitrogens is 1. The van der Waals surface area contributed by atoms with Gasteiger partial charge in [-0.2, -0.15) is 0 Å². The van der Waals surface area contributed by atoms with E-state index < -0.39 is 28.0 Å². The average molecular weight is 444 g/mol. The van der Waals surface area contributed by atoms with E-state index in [1.165, 1.54) is 23.5 Å². The van der Waals surface area contributed by atoms with Gasteiger partial charge in [-0.3, -0.25) is 10.1 Å². The zero-order valence-corrected chi connectivity index (χ0v) is 17.2. The first-order valence-corrected chi connectivity index (χ1v) is 11.3. The minimum absolute atomic E-state index is 0.0482. The van der Waals surface area contributed by atoms with Gasteiger partial charge in [0.25, 0.3) is 5.91 Å². The van der Waals surface area contributed by atoms with E-state index in [-0.39, 0.29) is 4.90 Å². The molecule has 4 rings (SSSR count). The van der Waals surface area contributed by atoms with Crippen molar-refractivity contribution in [1.82, 2.24) is 4.98 Å². The van der Waals surface area contributed by atoms with Gasteiger partial charge in [0.2, 0.25) is 10.0 Å². The Balaban J connectivity index is 1.40. The normalized spacial score (nSPS) is 15.9. The zero-order valence-electron chi connectivity index (χ0n) is 15.6. The van der Waals surface area contributed by atoms with Crippen molar-refractivity contribution in [2.24, 2.45) is 5.14 Å². The molecule has 154 valence electrons. The molecule has 1 amide bonds. The molecule has 0 radical (unpaired) electrons. The molecule has 3 N–H and O–H groups in total. The molecule has 0 saturated heterocycles. The second kappa shape index (κ2) is 7.98. The average Bonchev–Trinajstić information content (AvgIpc) is 3.14. The second-order valence-electron chi connectivity index (χ2n) is 6.74.